The van der Waals surface area contributed by atoms with Gasteiger partial charge in [0.05, 0.1) is 33.3 Å². The Balaban J connectivity index is 1.80. The van der Waals surface area contributed by atoms with E-state index in [0.717, 1.165) is 11.1 Å². The van der Waals surface area contributed by atoms with Crippen LogP contribution in [0.1, 0.15) is 29.0 Å². The van der Waals surface area contributed by atoms with E-state index < -0.39 is 0 Å². The summed E-state index contributed by atoms with van der Waals surface area (Å²) in [6, 6.07) is 12.4. The molecule has 1 atom stereocenters. The maximum Gasteiger partial charge on any atom is 0.271 e. The number of para-hydroxylation sites is 2. The molecule has 0 aliphatic heterocycles. The minimum Gasteiger partial charge on any atom is -0.344 e. The van der Waals surface area contributed by atoms with Gasteiger partial charge in [0, 0.05) is 0 Å². The molecule has 0 radical (unpaired) electrons. The number of hydrogen-bond acceptors (Lipinski definition) is 3. The zero-order valence-electron chi connectivity index (χ0n) is 12.3. The zero-order valence-corrected chi connectivity index (χ0v) is 13.8. The molecule has 0 saturated carbocycles. The molecule has 0 aliphatic rings. The van der Waals surface area contributed by atoms with E-state index >= 15 is 0 Å². The number of benzene rings is 2. The maximum atomic E-state index is 12.4. The Morgan fingerprint density at radius 2 is 1.83 bits per heavy atom. The summed E-state index contributed by atoms with van der Waals surface area (Å²) in [4.78, 5) is 20.9. The number of amides is 1. The van der Waals surface area contributed by atoms with Crippen LogP contribution in [0, 0.1) is 0 Å². The van der Waals surface area contributed by atoms with Gasteiger partial charge in [0.2, 0.25) is 0 Å². The molecule has 1 aromatic heterocycles. The normalized spacial score (nSPS) is 12.1. The van der Waals surface area contributed by atoms with Crippen molar-refractivity contribution in [3.05, 3.63) is 70.0 Å². The van der Waals surface area contributed by atoms with Crippen LogP contribution in [0.4, 0.5) is 0 Å². The van der Waals surface area contributed by atoms with Crippen molar-refractivity contribution in [2.24, 2.45) is 0 Å². The summed E-state index contributed by atoms with van der Waals surface area (Å²) >= 11 is 11.9. The molecule has 23 heavy (non-hydrogen) atoms. The summed E-state index contributed by atoms with van der Waals surface area (Å²) in [6.07, 6.45) is 1.47. The molecule has 1 N–H and O–H groups in total. The van der Waals surface area contributed by atoms with Gasteiger partial charge in [-0.05, 0) is 36.8 Å². The first-order valence-corrected chi connectivity index (χ1v) is 7.78. The number of aromatic nitrogens is 2. The van der Waals surface area contributed by atoms with E-state index in [4.69, 9.17) is 23.2 Å². The van der Waals surface area contributed by atoms with Crippen molar-refractivity contribution in [1.82, 2.24) is 15.3 Å². The van der Waals surface area contributed by atoms with E-state index in [-0.39, 0.29) is 17.6 Å². The Hall–Kier alpha value is -2.17. The first kappa shape index (κ1) is 15.7. The SMILES string of the molecule is CC(NC(=O)c1cnc2ccccc2n1)c1ccc(Cl)c(Cl)c1. The molecule has 1 heterocycles. The van der Waals surface area contributed by atoms with Gasteiger partial charge in [-0.3, -0.25) is 9.78 Å². The monoisotopic (exact) mass is 345 g/mol. The lowest BCUT2D eigenvalue weighted by molar-refractivity contribution is 0.0935. The number of halogens is 2. The number of nitrogens with one attached hydrogen (secondary N) is 1. The summed E-state index contributed by atoms with van der Waals surface area (Å²) in [5.74, 6) is -0.290. The average Bonchev–Trinajstić information content (AvgIpc) is 2.56. The second kappa shape index (κ2) is 6.52. The number of nitrogens with zero attached hydrogens (tertiary/aromatic N) is 2. The molecule has 0 bridgehead atoms. The topological polar surface area (TPSA) is 54.9 Å². The van der Waals surface area contributed by atoms with Crippen LogP contribution in [0.15, 0.2) is 48.7 Å². The van der Waals surface area contributed by atoms with Gasteiger partial charge < -0.3 is 5.32 Å². The van der Waals surface area contributed by atoms with Gasteiger partial charge in [-0.2, -0.15) is 0 Å². The molecule has 4 nitrogen and oxygen atoms in total. The molecule has 0 saturated heterocycles. The minimum atomic E-state index is -0.290. The molecule has 0 spiro atoms. The van der Waals surface area contributed by atoms with Crippen LogP contribution >= 0.6 is 23.2 Å². The maximum absolute atomic E-state index is 12.4. The van der Waals surface area contributed by atoms with Crippen LogP contribution in [0.3, 0.4) is 0 Å². The highest BCUT2D eigenvalue weighted by Crippen LogP contribution is 2.25. The van der Waals surface area contributed by atoms with Gasteiger partial charge >= 0.3 is 0 Å². The Morgan fingerprint density at radius 3 is 2.57 bits per heavy atom. The molecule has 0 fully saturated rings. The lowest BCUT2D eigenvalue weighted by atomic mass is 10.1. The second-order valence-electron chi connectivity index (χ2n) is 5.11. The highest BCUT2D eigenvalue weighted by Gasteiger charge is 2.14. The van der Waals surface area contributed by atoms with Gasteiger partial charge in [-0.25, -0.2) is 4.98 Å². The predicted octanol–water partition coefficient (Wildman–Crippen LogP) is 4.43. The van der Waals surface area contributed by atoms with E-state index in [1.165, 1.54) is 6.20 Å². The Kier molecular flexibility index (Phi) is 4.46. The largest absolute Gasteiger partial charge is 0.344 e. The summed E-state index contributed by atoms with van der Waals surface area (Å²) in [6.45, 7) is 1.87. The van der Waals surface area contributed by atoms with Crippen molar-refractivity contribution >= 4 is 40.1 Å². The molecule has 116 valence electrons. The van der Waals surface area contributed by atoms with Crippen molar-refractivity contribution in [2.45, 2.75) is 13.0 Å². The summed E-state index contributed by atoms with van der Waals surface area (Å²) in [5, 5.41) is 3.82. The second-order valence-corrected chi connectivity index (χ2v) is 5.93. The number of carbonyl (C=O) groups excluding carboxylic acids is 1. The third-order valence-corrected chi connectivity index (χ3v) is 4.21. The van der Waals surface area contributed by atoms with Crippen molar-refractivity contribution in [3.8, 4) is 0 Å². The highest BCUT2D eigenvalue weighted by atomic mass is 35.5. The molecular formula is C17H13Cl2N3O. The van der Waals surface area contributed by atoms with Gasteiger partial charge in [0.15, 0.2) is 0 Å². The van der Waals surface area contributed by atoms with E-state index in [0.29, 0.717) is 15.6 Å². The number of carbonyl (C=O) groups is 1. The highest BCUT2D eigenvalue weighted by molar-refractivity contribution is 6.42. The average molecular weight is 346 g/mol. The van der Waals surface area contributed by atoms with Crippen LogP contribution in [-0.4, -0.2) is 15.9 Å². The molecule has 6 heteroatoms. The fourth-order valence-corrected chi connectivity index (χ4v) is 2.51. The Morgan fingerprint density at radius 1 is 1.09 bits per heavy atom. The van der Waals surface area contributed by atoms with Crippen LogP contribution < -0.4 is 5.32 Å². The quantitative estimate of drug-likeness (QED) is 0.763. The molecule has 3 aromatic rings. The summed E-state index contributed by atoms with van der Waals surface area (Å²) in [5.41, 5.74) is 2.57. The first-order valence-electron chi connectivity index (χ1n) is 7.02. The summed E-state index contributed by atoms with van der Waals surface area (Å²) < 4.78 is 0. The molecular weight excluding hydrogens is 333 g/mol. The third kappa shape index (κ3) is 3.44. The van der Waals surface area contributed by atoms with E-state index in [1.54, 1.807) is 12.1 Å². The van der Waals surface area contributed by atoms with Crippen LogP contribution in [0.25, 0.3) is 11.0 Å². The summed E-state index contributed by atoms with van der Waals surface area (Å²) in [7, 11) is 0. The van der Waals surface area contributed by atoms with E-state index in [9.17, 15) is 4.79 Å². The van der Waals surface area contributed by atoms with Crippen LogP contribution in [0.2, 0.25) is 10.0 Å². The van der Waals surface area contributed by atoms with Gasteiger partial charge in [-0.1, -0.05) is 41.4 Å². The molecule has 1 unspecified atom stereocenters. The van der Waals surface area contributed by atoms with Crippen molar-refractivity contribution in [2.75, 3.05) is 0 Å². The zero-order chi connectivity index (χ0) is 16.4. The Bertz CT molecular complexity index is 883. The molecule has 0 aliphatic carbocycles. The van der Waals surface area contributed by atoms with Crippen molar-refractivity contribution < 1.29 is 4.79 Å². The molecule has 2 aromatic carbocycles. The fourth-order valence-electron chi connectivity index (χ4n) is 2.20. The fraction of sp³-hybridized carbons (Fsp3) is 0.118. The van der Waals surface area contributed by atoms with Gasteiger partial charge in [-0.15, -0.1) is 0 Å². The van der Waals surface area contributed by atoms with Gasteiger partial charge in [0.1, 0.15) is 5.69 Å². The lowest BCUT2D eigenvalue weighted by Crippen LogP contribution is -2.27. The predicted molar refractivity (Wildman–Crippen MR) is 91.9 cm³/mol. The van der Waals surface area contributed by atoms with Crippen LogP contribution in [0.5, 0.6) is 0 Å². The number of hydrogen-bond donors (Lipinski definition) is 1. The van der Waals surface area contributed by atoms with E-state index in [1.807, 2.05) is 37.3 Å². The van der Waals surface area contributed by atoms with E-state index in [2.05, 4.69) is 15.3 Å². The Labute approximate surface area is 143 Å². The molecule has 1 amide bonds. The van der Waals surface area contributed by atoms with Crippen molar-refractivity contribution in [3.63, 3.8) is 0 Å². The molecule has 3 rings (SSSR count). The standard InChI is InChI=1S/C17H13Cl2N3O/c1-10(11-6-7-12(18)13(19)8-11)21-17(23)16-9-20-14-4-2-3-5-15(14)22-16/h2-10H,1H3,(H,21,23). The number of fused-ring (bicyclic) bond motifs is 1. The lowest BCUT2D eigenvalue weighted by Gasteiger charge is -2.14. The minimum absolute atomic E-state index is 0.231. The van der Waals surface area contributed by atoms with Crippen LogP contribution in [-0.2, 0) is 0 Å². The number of rotatable bonds is 3. The van der Waals surface area contributed by atoms with Crippen molar-refractivity contribution in [1.29, 1.82) is 0 Å². The van der Waals surface area contributed by atoms with Gasteiger partial charge in [0.25, 0.3) is 5.91 Å². The first-order chi connectivity index (χ1) is 11.0. The third-order valence-electron chi connectivity index (χ3n) is 3.47. The smallest absolute Gasteiger partial charge is 0.271 e.